The molecule has 4 heteroatoms. The zero-order chi connectivity index (χ0) is 12.1. The highest BCUT2D eigenvalue weighted by Crippen LogP contribution is 2.18. The average molecular weight is 248 g/mol. The van der Waals surface area contributed by atoms with E-state index in [9.17, 15) is 9.46 Å². The van der Waals surface area contributed by atoms with E-state index >= 15 is 0 Å². The third-order valence-electron chi connectivity index (χ3n) is 2.39. The van der Waals surface area contributed by atoms with E-state index in [0.717, 1.165) is 11.3 Å². The molecule has 0 spiro atoms. The van der Waals surface area contributed by atoms with E-state index in [4.69, 9.17) is 4.74 Å². The Morgan fingerprint density at radius 1 is 1.00 bits per heavy atom. The molecule has 0 saturated heterocycles. The van der Waals surface area contributed by atoms with Crippen molar-refractivity contribution < 1.29 is 14.2 Å². The zero-order valence-electron chi connectivity index (χ0n) is 9.17. The molecule has 1 N–H and O–H groups in total. The zero-order valence-corrected chi connectivity index (χ0v) is 10.2. The molecule has 0 aliphatic carbocycles. The van der Waals surface area contributed by atoms with Crippen molar-refractivity contribution in [3.63, 3.8) is 0 Å². The molecule has 0 radical (unpaired) electrons. The predicted octanol–water partition coefficient (Wildman–Crippen LogP) is 2.36. The van der Waals surface area contributed by atoms with Crippen LogP contribution in [-0.4, -0.2) is 4.89 Å². The van der Waals surface area contributed by atoms with Crippen molar-refractivity contribution in [1.29, 1.82) is 0 Å². The summed E-state index contributed by atoms with van der Waals surface area (Å²) in [7, 11) is -2.68. The molecular formula is C13H13O3P. The molecule has 0 fully saturated rings. The quantitative estimate of drug-likeness (QED) is 0.845. The Hall–Kier alpha value is -1.57. The smallest absolute Gasteiger partial charge is 0.218 e. The summed E-state index contributed by atoms with van der Waals surface area (Å²) in [6.07, 6.45) is 0. The highest BCUT2D eigenvalue weighted by atomic mass is 31.1. The highest BCUT2D eigenvalue weighted by Gasteiger charge is 2.06. The molecule has 0 heterocycles. The molecule has 88 valence electrons. The van der Waals surface area contributed by atoms with Gasteiger partial charge in [-0.15, -0.1) is 0 Å². The molecule has 0 aliphatic rings. The Morgan fingerprint density at radius 3 is 2.35 bits per heavy atom. The molecule has 0 aromatic heterocycles. The van der Waals surface area contributed by atoms with Gasteiger partial charge in [0.25, 0.3) is 0 Å². The lowest BCUT2D eigenvalue weighted by Gasteiger charge is -2.08. The van der Waals surface area contributed by atoms with Crippen molar-refractivity contribution in [1.82, 2.24) is 0 Å². The molecule has 0 bridgehead atoms. The summed E-state index contributed by atoms with van der Waals surface area (Å²) in [5.41, 5.74) is 0.753. The molecule has 1 unspecified atom stereocenters. The molecule has 0 saturated carbocycles. The minimum Gasteiger partial charge on any atom is -0.489 e. The van der Waals surface area contributed by atoms with Gasteiger partial charge in [-0.2, -0.15) is 0 Å². The van der Waals surface area contributed by atoms with Gasteiger partial charge in [-0.25, -0.2) is 0 Å². The lowest BCUT2D eigenvalue weighted by molar-refractivity contribution is 0.307. The SMILES string of the molecule is O=[PH](O)c1ccccc1COc1ccccc1. The van der Waals surface area contributed by atoms with Crippen LogP contribution in [0.4, 0.5) is 0 Å². The van der Waals surface area contributed by atoms with Gasteiger partial charge in [0.1, 0.15) is 12.4 Å². The largest absolute Gasteiger partial charge is 0.489 e. The maximum absolute atomic E-state index is 11.2. The number of hydrogen-bond donors (Lipinski definition) is 1. The van der Waals surface area contributed by atoms with Crippen LogP contribution in [-0.2, 0) is 11.2 Å². The maximum Gasteiger partial charge on any atom is 0.218 e. The topological polar surface area (TPSA) is 46.5 Å². The van der Waals surface area contributed by atoms with Gasteiger partial charge < -0.3 is 9.63 Å². The average Bonchev–Trinajstić information content (AvgIpc) is 2.38. The van der Waals surface area contributed by atoms with Crippen LogP contribution in [0.5, 0.6) is 5.75 Å². The fourth-order valence-electron chi connectivity index (χ4n) is 1.53. The first-order valence-electron chi connectivity index (χ1n) is 5.26. The Morgan fingerprint density at radius 2 is 1.65 bits per heavy atom. The van der Waals surface area contributed by atoms with Gasteiger partial charge in [0, 0.05) is 10.9 Å². The predicted molar refractivity (Wildman–Crippen MR) is 68.1 cm³/mol. The van der Waals surface area contributed by atoms with Crippen molar-refractivity contribution >= 4 is 13.3 Å². The summed E-state index contributed by atoms with van der Waals surface area (Å²) < 4.78 is 16.7. The Balaban J connectivity index is 2.12. The standard InChI is InChI=1S/C13H13O3P/c14-17(15)13-9-5-4-6-11(13)10-16-12-7-2-1-3-8-12/h1-9,17H,10H2,(H,14,15). The molecule has 2 rings (SSSR count). The minimum atomic E-state index is -2.68. The first kappa shape index (κ1) is 11.9. The van der Waals surface area contributed by atoms with Crippen LogP contribution in [0, 0.1) is 0 Å². The van der Waals surface area contributed by atoms with Gasteiger partial charge in [-0.05, 0) is 18.2 Å². The van der Waals surface area contributed by atoms with E-state index in [0.29, 0.717) is 11.9 Å². The van der Waals surface area contributed by atoms with Crippen LogP contribution in [0.1, 0.15) is 5.56 Å². The Labute approximate surface area is 101 Å². The van der Waals surface area contributed by atoms with Crippen molar-refractivity contribution in [2.24, 2.45) is 0 Å². The van der Waals surface area contributed by atoms with E-state index in [1.54, 1.807) is 18.2 Å². The van der Waals surface area contributed by atoms with Gasteiger partial charge in [-0.1, -0.05) is 36.4 Å². The van der Waals surface area contributed by atoms with Crippen LogP contribution in [0.3, 0.4) is 0 Å². The van der Waals surface area contributed by atoms with Crippen molar-refractivity contribution in [2.45, 2.75) is 6.61 Å². The van der Waals surface area contributed by atoms with Gasteiger partial charge in [0.15, 0.2) is 0 Å². The molecular weight excluding hydrogens is 235 g/mol. The first-order chi connectivity index (χ1) is 8.27. The summed E-state index contributed by atoms with van der Waals surface area (Å²) in [4.78, 5) is 9.19. The maximum atomic E-state index is 11.2. The summed E-state index contributed by atoms with van der Waals surface area (Å²) >= 11 is 0. The number of para-hydroxylation sites is 1. The van der Waals surface area contributed by atoms with Crippen LogP contribution in [0.15, 0.2) is 54.6 Å². The molecule has 2 aromatic carbocycles. The summed E-state index contributed by atoms with van der Waals surface area (Å²) in [5, 5.41) is 0.466. The lowest BCUT2D eigenvalue weighted by Crippen LogP contribution is -2.08. The van der Waals surface area contributed by atoms with Crippen LogP contribution in [0.25, 0.3) is 0 Å². The number of benzene rings is 2. The van der Waals surface area contributed by atoms with Gasteiger partial charge in [0.05, 0.1) is 0 Å². The van der Waals surface area contributed by atoms with E-state index in [-0.39, 0.29) is 0 Å². The Bertz CT molecular complexity index is 511. The second-order valence-electron chi connectivity index (χ2n) is 3.56. The fourth-order valence-corrected chi connectivity index (χ4v) is 2.20. The summed E-state index contributed by atoms with van der Waals surface area (Å²) in [5.74, 6) is 0.750. The number of rotatable bonds is 4. The van der Waals surface area contributed by atoms with Crippen molar-refractivity contribution in [3.05, 3.63) is 60.2 Å². The fraction of sp³-hybridized carbons (Fsp3) is 0.0769. The number of hydrogen-bond acceptors (Lipinski definition) is 2. The minimum absolute atomic E-state index is 0.303. The normalized spacial score (nSPS) is 12.1. The van der Waals surface area contributed by atoms with Gasteiger partial charge in [0.2, 0.25) is 8.03 Å². The third kappa shape index (κ3) is 3.19. The lowest BCUT2D eigenvalue weighted by atomic mass is 10.2. The molecule has 3 nitrogen and oxygen atoms in total. The van der Waals surface area contributed by atoms with Gasteiger partial charge in [-0.3, -0.25) is 4.57 Å². The van der Waals surface area contributed by atoms with E-state index in [1.165, 1.54) is 0 Å². The van der Waals surface area contributed by atoms with E-state index < -0.39 is 8.03 Å². The summed E-state index contributed by atoms with van der Waals surface area (Å²) in [6, 6.07) is 16.4. The van der Waals surface area contributed by atoms with Crippen LogP contribution in [0.2, 0.25) is 0 Å². The second kappa shape index (κ2) is 5.67. The van der Waals surface area contributed by atoms with Crippen LogP contribution < -0.4 is 10.0 Å². The van der Waals surface area contributed by atoms with Gasteiger partial charge >= 0.3 is 0 Å². The number of ether oxygens (including phenoxy) is 1. The highest BCUT2D eigenvalue weighted by molar-refractivity contribution is 7.47. The molecule has 2 aromatic rings. The monoisotopic (exact) mass is 248 g/mol. The molecule has 1 atom stereocenters. The van der Waals surface area contributed by atoms with E-state index in [1.807, 2.05) is 36.4 Å². The molecule has 17 heavy (non-hydrogen) atoms. The third-order valence-corrected chi connectivity index (χ3v) is 3.33. The van der Waals surface area contributed by atoms with Crippen LogP contribution >= 0.6 is 8.03 Å². The molecule has 0 amide bonds. The van der Waals surface area contributed by atoms with Crippen molar-refractivity contribution in [2.75, 3.05) is 0 Å². The second-order valence-corrected chi connectivity index (χ2v) is 4.71. The van der Waals surface area contributed by atoms with E-state index in [2.05, 4.69) is 0 Å². The molecule has 0 aliphatic heterocycles. The first-order valence-corrected chi connectivity index (χ1v) is 6.62. The Kier molecular flexibility index (Phi) is 3.97. The van der Waals surface area contributed by atoms with Crippen molar-refractivity contribution in [3.8, 4) is 5.75 Å². The summed E-state index contributed by atoms with van der Waals surface area (Å²) in [6.45, 7) is 0.303.